The Morgan fingerprint density at radius 1 is 1.00 bits per heavy atom. The van der Waals surface area contributed by atoms with E-state index in [9.17, 15) is 4.39 Å². The van der Waals surface area contributed by atoms with Gasteiger partial charge in [-0.3, -0.25) is 4.98 Å². The van der Waals surface area contributed by atoms with Crippen molar-refractivity contribution < 1.29 is 18.3 Å². The number of furan rings is 1. The molecule has 4 rings (SSSR count). The third-order valence-electron chi connectivity index (χ3n) is 5.88. The van der Waals surface area contributed by atoms with Crippen molar-refractivity contribution in [2.24, 2.45) is 5.73 Å². The van der Waals surface area contributed by atoms with Crippen molar-refractivity contribution in [3.05, 3.63) is 94.8 Å². The van der Waals surface area contributed by atoms with E-state index in [0.717, 1.165) is 70.5 Å². The first-order valence-corrected chi connectivity index (χ1v) is 11.7. The van der Waals surface area contributed by atoms with E-state index in [1.165, 1.54) is 12.1 Å². The number of nitrogens with two attached hydrogens (primary N) is 1. The molecule has 0 radical (unpaired) electrons. The number of aryl methyl sites for hydroxylation is 3. The number of ether oxygens (including phenoxy) is 2. The number of halogens is 1. The molecule has 6 heteroatoms. The van der Waals surface area contributed by atoms with Gasteiger partial charge in [-0.2, -0.15) is 0 Å². The molecular formula is C28H31FN2O3. The van der Waals surface area contributed by atoms with Crippen LogP contribution in [-0.2, 0) is 30.7 Å². The molecule has 0 aliphatic carbocycles. The van der Waals surface area contributed by atoms with E-state index in [2.05, 4.69) is 11.9 Å². The van der Waals surface area contributed by atoms with E-state index < -0.39 is 0 Å². The molecule has 2 aromatic heterocycles. The van der Waals surface area contributed by atoms with Crippen LogP contribution in [0.1, 0.15) is 41.0 Å². The molecule has 5 nitrogen and oxygen atoms in total. The first-order chi connectivity index (χ1) is 16.7. The Hall–Kier alpha value is -3.22. The highest BCUT2D eigenvalue weighted by atomic mass is 19.1. The zero-order valence-electron chi connectivity index (χ0n) is 19.6. The zero-order chi connectivity index (χ0) is 23.8. The van der Waals surface area contributed by atoms with Gasteiger partial charge in [0.25, 0.3) is 0 Å². The maximum absolute atomic E-state index is 13.3. The van der Waals surface area contributed by atoms with Gasteiger partial charge in [-0.1, -0.05) is 24.3 Å². The van der Waals surface area contributed by atoms with E-state index in [1.807, 2.05) is 36.4 Å². The van der Waals surface area contributed by atoms with Crippen LogP contribution in [0.5, 0.6) is 5.75 Å². The highest BCUT2D eigenvalue weighted by Crippen LogP contribution is 2.33. The van der Waals surface area contributed by atoms with Crippen LogP contribution in [0.15, 0.2) is 65.2 Å². The average Bonchev–Trinajstić information content (AvgIpc) is 3.18. The van der Waals surface area contributed by atoms with Gasteiger partial charge in [0.2, 0.25) is 0 Å². The molecule has 2 N–H and O–H groups in total. The summed E-state index contributed by atoms with van der Waals surface area (Å²) >= 11 is 0. The van der Waals surface area contributed by atoms with Crippen LogP contribution < -0.4 is 10.5 Å². The molecule has 0 amide bonds. The van der Waals surface area contributed by atoms with Gasteiger partial charge in [0.15, 0.2) is 0 Å². The SMILES string of the molecule is Cc1c(CCCOCc2cccc(F)c2)oc2cccc(OCCCc3ncccc3CN)c12. The number of pyridine rings is 1. The maximum Gasteiger partial charge on any atom is 0.138 e. The van der Waals surface area contributed by atoms with Gasteiger partial charge in [-0.15, -0.1) is 0 Å². The fraction of sp³-hybridized carbons (Fsp3) is 0.321. The number of nitrogens with zero attached hydrogens (tertiary/aromatic N) is 1. The third kappa shape index (κ3) is 6.01. The normalized spacial score (nSPS) is 11.3. The van der Waals surface area contributed by atoms with Crippen LogP contribution in [0, 0.1) is 12.7 Å². The van der Waals surface area contributed by atoms with Crippen molar-refractivity contribution in [1.29, 1.82) is 0 Å². The predicted molar refractivity (Wildman–Crippen MR) is 131 cm³/mol. The molecule has 0 bridgehead atoms. The standard InChI is InChI=1S/C28H31FN2O3/c1-20-25(13-6-15-32-19-21-7-2-9-23(29)17-21)34-27-12-3-11-26(28(20)27)33-16-5-10-24-22(18-30)8-4-14-31-24/h2-4,7-9,11-12,14,17H,5-6,10,13,15-16,18-19,30H2,1H3. The molecule has 0 atom stereocenters. The van der Waals surface area contributed by atoms with Crippen molar-refractivity contribution in [3.63, 3.8) is 0 Å². The fourth-order valence-electron chi connectivity index (χ4n) is 4.13. The van der Waals surface area contributed by atoms with Gasteiger partial charge < -0.3 is 19.6 Å². The first kappa shape index (κ1) is 23.9. The molecule has 0 aliphatic rings. The quantitative estimate of drug-likeness (QED) is 0.266. The minimum atomic E-state index is -0.242. The monoisotopic (exact) mass is 462 g/mol. The molecule has 34 heavy (non-hydrogen) atoms. The molecule has 4 aromatic rings. The van der Waals surface area contributed by atoms with Crippen molar-refractivity contribution in [2.45, 2.75) is 45.8 Å². The van der Waals surface area contributed by atoms with Crippen LogP contribution in [0.25, 0.3) is 11.0 Å². The van der Waals surface area contributed by atoms with Crippen molar-refractivity contribution in [3.8, 4) is 5.75 Å². The van der Waals surface area contributed by atoms with E-state index in [-0.39, 0.29) is 5.82 Å². The summed E-state index contributed by atoms with van der Waals surface area (Å²) in [6, 6.07) is 16.3. The highest BCUT2D eigenvalue weighted by molar-refractivity contribution is 5.88. The fourth-order valence-corrected chi connectivity index (χ4v) is 4.13. The predicted octanol–water partition coefficient (Wildman–Crippen LogP) is 5.90. The average molecular weight is 463 g/mol. The Bertz CT molecular complexity index is 1220. The number of hydrogen-bond acceptors (Lipinski definition) is 5. The Morgan fingerprint density at radius 3 is 2.71 bits per heavy atom. The lowest BCUT2D eigenvalue weighted by Gasteiger charge is -2.09. The van der Waals surface area contributed by atoms with Crippen molar-refractivity contribution in [2.75, 3.05) is 13.2 Å². The van der Waals surface area contributed by atoms with Crippen LogP contribution in [-0.4, -0.2) is 18.2 Å². The molecule has 0 spiro atoms. The Labute approximate surface area is 199 Å². The van der Waals surface area contributed by atoms with Crippen LogP contribution in [0.4, 0.5) is 4.39 Å². The summed E-state index contributed by atoms with van der Waals surface area (Å²) in [6.07, 6.45) is 5.07. The number of fused-ring (bicyclic) bond motifs is 1. The first-order valence-electron chi connectivity index (χ1n) is 11.7. The van der Waals surface area contributed by atoms with Gasteiger partial charge in [0.05, 0.1) is 18.6 Å². The summed E-state index contributed by atoms with van der Waals surface area (Å²) in [4.78, 5) is 4.45. The maximum atomic E-state index is 13.3. The third-order valence-corrected chi connectivity index (χ3v) is 5.88. The van der Waals surface area contributed by atoms with E-state index >= 15 is 0 Å². The zero-order valence-corrected chi connectivity index (χ0v) is 19.6. The van der Waals surface area contributed by atoms with E-state index in [0.29, 0.717) is 26.4 Å². The van der Waals surface area contributed by atoms with Crippen LogP contribution in [0.2, 0.25) is 0 Å². The second-order valence-corrected chi connectivity index (χ2v) is 8.33. The second-order valence-electron chi connectivity index (χ2n) is 8.33. The van der Waals surface area contributed by atoms with Gasteiger partial charge >= 0.3 is 0 Å². The number of aromatic nitrogens is 1. The smallest absolute Gasteiger partial charge is 0.138 e. The molecule has 0 unspecified atom stereocenters. The highest BCUT2D eigenvalue weighted by Gasteiger charge is 2.15. The molecule has 178 valence electrons. The summed E-state index contributed by atoms with van der Waals surface area (Å²) in [6.45, 7) is 4.14. The largest absolute Gasteiger partial charge is 0.493 e. The number of hydrogen-bond donors (Lipinski definition) is 1. The molecular weight excluding hydrogens is 431 g/mol. The summed E-state index contributed by atoms with van der Waals surface area (Å²) in [5, 5.41) is 1.03. The Morgan fingerprint density at radius 2 is 1.85 bits per heavy atom. The number of rotatable bonds is 12. The molecule has 2 heterocycles. The minimum absolute atomic E-state index is 0.242. The van der Waals surface area contributed by atoms with E-state index in [1.54, 1.807) is 12.3 Å². The van der Waals surface area contributed by atoms with Crippen LogP contribution in [0.3, 0.4) is 0 Å². The van der Waals surface area contributed by atoms with Crippen molar-refractivity contribution >= 4 is 11.0 Å². The summed E-state index contributed by atoms with van der Waals surface area (Å²) in [5.74, 6) is 1.54. The van der Waals surface area contributed by atoms with E-state index in [4.69, 9.17) is 19.6 Å². The molecule has 0 fully saturated rings. The molecule has 0 saturated heterocycles. The van der Waals surface area contributed by atoms with Gasteiger partial charge in [0.1, 0.15) is 22.9 Å². The van der Waals surface area contributed by atoms with Crippen LogP contribution >= 0.6 is 0 Å². The summed E-state index contributed by atoms with van der Waals surface area (Å²) < 4.78 is 31.2. The number of benzene rings is 2. The van der Waals surface area contributed by atoms with Gasteiger partial charge in [-0.05, 0) is 67.6 Å². The van der Waals surface area contributed by atoms with Gasteiger partial charge in [-0.25, -0.2) is 4.39 Å². The Kier molecular flexibility index (Phi) is 8.28. The Balaban J connectivity index is 1.29. The van der Waals surface area contributed by atoms with Crippen molar-refractivity contribution in [1.82, 2.24) is 4.98 Å². The second kappa shape index (κ2) is 11.8. The topological polar surface area (TPSA) is 70.5 Å². The molecule has 2 aromatic carbocycles. The molecule has 0 saturated carbocycles. The summed E-state index contributed by atoms with van der Waals surface area (Å²) in [7, 11) is 0. The molecule has 0 aliphatic heterocycles. The minimum Gasteiger partial charge on any atom is -0.493 e. The van der Waals surface area contributed by atoms with Gasteiger partial charge in [0, 0.05) is 37.0 Å². The lowest BCUT2D eigenvalue weighted by atomic mass is 10.1. The lowest BCUT2D eigenvalue weighted by molar-refractivity contribution is 0.117. The summed E-state index contributed by atoms with van der Waals surface area (Å²) in [5.41, 5.74) is 10.7. The lowest BCUT2D eigenvalue weighted by Crippen LogP contribution is -2.06.